The molecule has 29 heavy (non-hydrogen) atoms. The number of thioether (sulfide) groups is 1. The maximum absolute atomic E-state index is 11.7. The van der Waals surface area contributed by atoms with Gasteiger partial charge in [-0.3, -0.25) is 9.35 Å². The molecule has 0 aliphatic heterocycles. The van der Waals surface area contributed by atoms with Crippen LogP contribution in [0.5, 0.6) is 0 Å². The van der Waals surface area contributed by atoms with Crippen LogP contribution < -0.4 is 0 Å². The highest BCUT2D eigenvalue weighted by atomic mass is 32.2. The van der Waals surface area contributed by atoms with Gasteiger partial charge in [-0.25, -0.2) is 0 Å². The van der Waals surface area contributed by atoms with Gasteiger partial charge >= 0.3 is 5.97 Å². The van der Waals surface area contributed by atoms with Crippen molar-refractivity contribution in [1.82, 2.24) is 0 Å². The molecule has 5 nitrogen and oxygen atoms in total. The molecular formula is C22H36O5S2. The number of rotatable bonds is 17. The van der Waals surface area contributed by atoms with E-state index in [4.69, 9.17) is 4.55 Å². The summed E-state index contributed by atoms with van der Waals surface area (Å²) >= 11 is 1.04. The fraction of sp³-hybridized carbons (Fsp3) is 0.682. The van der Waals surface area contributed by atoms with Crippen LogP contribution in [0.1, 0.15) is 87.5 Å². The number of aryl methyl sites for hydroxylation is 1. The van der Waals surface area contributed by atoms with Gasteiger partial charge < -0.3 is 5.11 Å². The minimum Gasteiger partial charge on any atom is -0.480 e. The van der Waals surface area contributed by atoms with E-state index in [9.17, 15) is 18.3 Å². The van der Waals surface area contributed by atoms with E-state index < -0.39 is 27.1 Å². The van der Waals surface area contributed by atoms with Crippen molar-refractivity contribution in [2.45, 2.75) is 82.8 Å². The van der Waals surface area contributed by atoms with Crippen molar-refractivity contribution in [2.24, 2.45) is 0 Å². The van der Waals surface area contributed by atoms with Gasteiger partial charge in [0, 0.05) is 5.75 Å². The second-order valence-electron chi connectivity index (χ2n) is 7.51. The first-order chi connectivity index (χ1) is 13.8. The summed E-state index contributed by atoms with van der Waals surface area (Å²) in [5.74, 6) is -1.38. The number of hydrogen-bond donors (Lipinski definition) is 2. The fourth-order valence-electron chi connectivity index (χ4n) is 3.39. The zero-order valence-corrected chi connectivity index (χ0v) is 19.1. The largest absolute Gasteiger partial charge is 0.480 e. The average Bonchev–Trinajstić information content (AvgIpc) is 2.66. The van der Waals surface area contributed by atoms with E-state index in [0.717, 1.165) is 42.2 Å². The summed E-state index contributed by atoms with van der Waals surface area (Å²) in [6, 6.07) is 7.50. The Hall–Kier alpha value is -1.05. The van der Waals surface area contributed by atoms with Gasteiger partial charge in [0.15, 0.2) is 0 Å². The van der Waals surface area contributed by atoms with Crippen molar-refractivity contribution in [3.8, 4) is 0 Å². The molecule has 1 atom stereocenters. The normalized spacial score (nSPS) is 12.8. The quantitative estimate of drug-likeness (QED) is 0.230. The lowest BCUT2D eigenvalue weighted by atomic mass is 9.98. The zero-order chi connectivity index (χ0) is 21.5. The Kier molecular flexibility index (Phi) is 13.3. The van der Waals surface area contributed by atoms with E-state index >= 15 is 0 Å². The van der Waals surface area contributed by atoms with Crippen LogP contribution in [-0.4, -0.2) is 35.6 Å². The van der Waals surface area contributed by atoms with E-state index in [1.165, 1.54) is 51.4 Å². The second-order valence-corrected chi connectivity index (χ2v) is 10.3. The Morgan fingerprint density at radius 3 is 2.07 bits per heavy atom. The number of carboxylic acid groups (broad SMARTS) is 1. The van der Waals surface area contributed by atoms with Crippen molar-refractivity contribution >= 4 is 27.8 Å². The average molecular weight is 445 g/mol. The Labute approximate surface area is 180 Å². The van der Waals surface area contributed by atoms with Crippen LogP contribution in [0.15, 0.2) is 24.3 Å². The molecule has 7 heteroatoms. The molecule has 1 aromatic carbocycles. The van der Waals surface area contributed by atoms with Crippen molar-refractivity contribution in [2.75, 3.05) is 11.5 Å². The van der Waals surface area contributed by atoms with E-state index in [1.807, 2.05) is 24.3 Å². The van der Waals surface area contributed by atoms with Crippen molar-refractivity contribution < 1.29 is 22.9 Å². The third-order valence-electron chi connectivity index (χ3n) is 4.99. The third kappa shape index (κ3) is 12.3. The van der Waals surface area contributed by atoms with Crippen LogP contribution in [0.4, 0.5) is 0 Å². The standard InChI is InChI=1S/C22H36O5S2/c1-2-3-4-5-6-7-8-9-10-11-14-19-15-12-13-16-20(19)21(22(23)24)28-17-18-29(25,26)27/h12-13,15-16,21H,2-11,14,17-18H2,1H3,(H,23,24)(H,25,26,27). The molecule has 0 aliphatic carbocycles. The van der Waals surface area contributed by atoms with Crippen LogP contribution in [0.3, 0.4) is 0 Å². The molecular weight excluding hydrogens is 408 g/mol. The van der Waals surface area contributed by atoms with Gasteiger partial charge in [0.05, 0.1) is 5.75 Å². The summed E-state index contributed by atoms with van der Waals surface area (Å²) in [5.41, 5.74) is 1.75. The number of aliphatic carboxylic acids is 1. The van der Waals surface area contributed by atoms with Gasteiger partial charge in [0.2, 0.25) is 0 Å². The number of carboxylic acids is 1. The molecule has 0 saturated heterocycles. The Balaban J connectivity index is 2.44. The lowest BCUT2D eigenvalue weighted by Gasteiger charge is -2.16. The molecule has 0 radical (unpaired) electrons. The van der Waals surface area contributed by atoms with Gasteiger partial charge in [-0.1, -0.05) is 89.0 Å². The molecule has 0 heterocycles. The van der Waals surface area contributed by atoms with Crippen LogP contribution >= 0.6 is 11.8 Å². The van der Waals surface area contributed by atoms with Crippen molar-refractivity contribution in [3.05, 3.63) is 35.4 Å². The summed E-state index contributed by atoms with van der Waals surface area (Å²) < 4.78 is 30.7. The van der Waals surface area contributed by atoms with Gasteiger partial charge in [-0.05, 0) is 24.0 Å². The zero-order valence-electron chi connectivity index (χ0n) is 17.5. The molecule has 0 amide bonds. The SMILES string of the molecule is CCCCCCCCCCCCc1ccccc1C(SCCS(=O)(=O)O)C(=O)O. The summed E-state index contributed by atoms with van der Waals surface area (Å²) in [6.45, 7) is 2.23. The first kappa shape index (κ1) is 26.0. The highest BCUT2D eigenvalue weighted by Crippen LogP contribution is 2.32. The smallest absolute Gasteiger partial charge is 0.321 e. The monoisotopic (exact) mass is 444 g/mol. The Morgan fingerprint density at radius 2 is 1.52 bits per heavy atom. The number of unbranched alkanes of at least 4 members (excludes halogenated alkanes) is 9. The number of carbonyl (C=O) groups is 1. The summed E-state index contributed by atoms with van der Waals surface area (Å²) in [5, 5.41) is 8.77. The molecule has 166 valence electrons. The maximum Gasteiger partial charge on any atom is 0.321 e. The maximum atomic E-state index is 11.7. The Morgan fingerprint density at radius 1 is 0.966 bits per heavy atom. The minimum absolute atomic E-state index is 0.0440. The van der Waals surface area contributed by atoms with Gasteiger partial charge in [-0.2, -0.15) is 8.42 Å². The molecule has 2 N–H and O–H groups in total. The van der Waals surface area contributed by atoms with Gasteiger partial charge in [-0.15, -0.1) is 11.8 Å². The summed E-state index contributed by atoms with van der Waals surface area (Å²) in [6.07, 6.45) is 13.4. The minimum atomic E-state index is -4.08. The van der Waals surface area contributed by atoms with Crippen LogP contribution in [-0.2, 0) is 21.3 Å². The lowest BCUT2D eigenvalue weighted by molar-refractivity contribution is -0.136. The third-order valence-corrected chi connectivity index (χ3v) is 7.19. The van der Waals surface area contributed by atoms with E-state index in [0.29, 0.717) is 0 Å². The van der Waals surface area contributed by atoms with Crippen molar-refractivity contribution in [3.63, 3.8) is 0 Å². The van der Waals surface area contributed by atoms with Gasteiger partial charge in [0.1, 0.15) is 5.25 Å². The molecule has 1 unspecified atom stereocenters. The fourth-order valence-corrected chi connectivity index (χ4v) is 5.40. The molecule has 1 aromatic rings. The summed E-state index contributed by atoms with van der Waals surface area (Å²) in [7, 11) is -4.08. The van der Waals surface area contributed by atoms with E-state index in [2.05, 4.69) is 6.92 Å². The molecule has 1 rings (SSSR count). The summed E-state index contributed by atoms with van der Waals surface area (Å²) in [4.78, 5) is 11.7. The van der Waals surface area contributed by atoms with E-state index in [1.54, 1.807) is 0 Å². The van der Waals surface area contributed by atoms with Crippen LogP contribution in [0.25, 0.3) is 0 Å². The lowest BCUT2D eigenvalue weighted by Crippen LogP contribution is -2.14. The first-order valence-electron chi connectivity index (χ1n) is 10.7. The highest BCUT2D eigenvalue weighted by molar-refractivity contribution is 8.01. The highest BCUT2D eigenvalue weighted by Gasteiger charge is 2.23. The molecule has 0 saturated carbocycles. The topological polar surface area (TPSA) is 91.7 Å². The molecule has 0 bridgehead atoms. The Bertz CT molecular complexity index is 688. The predicted molar refractivity (Wildman–Crippen MR) is 121 cm³/mol. The molecule has 0 fully saturated rings. The predicted octanol–water partition coefficient (Wildman–Crippen LogP) is 5.90. The first-order valence-corrected chi connectivity index (χ1v) is 13.4. The van der Waals surface area contributed by atoms with E-state index in [-0.39, 0.29) is 5.75 Å². The van der Waals surface area contributed by atoms with Gasteiger partial charge in [0.25, 0.3) is 10.1 Å². The number of benzene rings is 1. The molecule has 0 spiro atoms. The van der Waals surface area contributed by atoms with Crippen LogP contribution in [0, 0.1) is 0 Å². The van der Waals surface area contributed by atoms with Crippen molar-refractivity contribution in [1.29, 1.82) is 0 Å². The molecule has 0 aromatic heterocycles. The number of hydrogen-bond acceptors (Lipinski definition) is 4. The second kappa shape index (κ2) is 14.9. The molecule has 0 aliphatic rings. The van der Waals surface area contributed by atoms with Crippen LogP contribution in [0.2, 0.25) is 0 Å².